The monoisotopic (exact) mass is 292 g/mol. The summed E-state index contributed by atoms with van der Waals surface area (Å²) in [4.78, 5) is 18.4. The Labute approximate surface area is 124 Å². The lowest BCUT2D eigenvalue weighted by Gasteiger charge is -2.20. The van der Waals surface area contributed by atoms with Gasteiger partial charge in [-0.25, -0.2) is 4.98 Å². The van der Waals surface area contributed by atoms with E-state index in [1.54, 1.807) is 25.9 Å². The molecule has 0 aromatic carbocycles. The number of aromatic nitrogens is 1. The van der Waals surface area contributed by atoms with Crippen LogP contribution in [0.1, 0.15) is 30.2 Å². The molecule has 1 aromatic rings. The number of fused-ring (bicyclic) bond motifs is 1. The van der Waals surface area contributed by atoms with Crippen LogP contribution < -0.4 is 11.1 Å². The highest BCUT2D eigenvalue weighted by atomic mass is 32.1. The van der Waals surface area contributed by atoms with Gasteiger partial charge in [-0.3, -0.25) is 4.79 Å². The predicted molar refractivity (Wildman–Crippen MR) is 83.9 cm³/mol. The summed E-state index contributed by atoms with van der Waals surface area (Å²) in [5.74, 6) is 0.599. The van der Waals surface area contributed by atoms with Gasteiger partial charge in [0, 0.05) is 19.8 Å². The number of likely N-dealkylation sites (N-methyl/N-ethyl adjacent to an activating group) is 1. The highest BCUT2D eigenvalue weighted by Crippen LogP contribution is 2.25. The standard InChI is InChI=1S/C14H20N4OS/c1-8(14(19)18(2)3)16-13-10(12(15)20)7-9-5-4-6-11(9)17-13/h7-8H,4-6H2,1-3H3,(H2,15,20)(H,16,17). The number of carbonyl (C=O) groups is 1. The molecule has 0 saturated heterocycles. The van der Waals surface area contributed by atoms with Crippen molar-refractivity contribution in [3.05, 3.63) is 22.9 Å². The first-order chi connectivity index (χ1) is 9.40. The van der Waals surface area contributed by atoms with E-state index in [-0.39, 0.29) is 11.9 Å². The third kappa shape index (κ3) is 2.90. The second kappa shape index (κ2) is 5.75. The van der Waals surface area contributed by atoms with Crippen molar-refractivity contribution < 1.29 is 4.79 Å². The number of aryl methyl sites for hydroxylation is 2. The molecule has 6 heteroatoms. The number of hydrogen-bond donors (Lipinski definition) is 2. The van der Waals surface area contributed by atoms with Gasteiger partial charge < -0.3 is 16.0 Å². The number of amides is 1. The molecule has 108 valence electrons. The third-order valence-corrected chi connectivity index (χ3v) is 3.70. The molecule has 0 aliphatic heterocycles. The zero-order chi connectivity index (χ0) is 14.9. The smallest absolute Gasteiger partial charge is 0.244 e. The van der Waals surface area contributed by atoms with Gasteiger partial charge in [-0.1, -0.05) is 12.2 Å². The highest BCUT2D eigenvalue weighted by molar-refractivity contribution is 7.80. The zero-order valence-corrected chi connectivity index (χ0v) is 12.9. The first kappa shape index (κ1) is 14.7. The molecule has 0 radical (unpaired) electrons. The van der Waals surface area contributed by atoms with E-state index in [0.717, 1.165) is 30.5 Å². The number of nitrogens with two attached hydrogens (primary N) is 1. The molecule has 5 nitrogen and oxygen atoms in total. The summed E-state index contributed by atoms with van der Waals surface area (Å²) in [6.07, 6.45) is 3.09. The predicted octanol–water partition coefficient (Wildman–Crippen LogP) is 1.09. The molecule has 1 aromatic heterocycles. The SMILES string of the molecule is CC(Nc1nc2c(cc1C(N)=S)CCC2)C(=O)N(C)C. The molecule has 0 spiro atoms. The van der Waals surface area contributed by atoms with Crippen LogP contribution in [0.2, 0.25) is 0 Å². The molecule has 2 rings (SSSR count). The Hall–Kier alpha value is -1.69. The lowest BCUT2D eigenvalue weighted by molar-refractivity contribution is -0.129. The fourth-order valence-corrected chi connectivity index (χ4v) is 2.58. The van der Waals surface area contributed by atoms with Gasteiger partial charge in [0.15, 0.2) is 0 Å². The summed E-state index contributed by atoms with van der Waals surface area (Å²) < 4.78 is 0. The molecule has 1 aliphatic rings. The summed E-state index contributed by atoms with van der Waals surface area (Å²) >= 11 is 5.09. The van der Waals surface area contributed by atoms with Crippen LogP contribution in [-0.4, -0.2) is 40.9 Å². The van der Waals surface area contributed by atoms with E-state index in [2.05, 4.69) is 10.3 Å². The minimum absolute atomic E-state index is 0.0128. The summed E-state index contributed by atoms with van der Waals surface area (Å²) in [5.41, 5.74) is 8.79. The summed E-state index contributed by atoms with van der Waals surface area (Å²) in [5, 5.41) is 3.13. The Morgan fingerprint density at radius 1 is 1.50 bits per heavy atom. The lowest BCUT2D eigenvalue weighted by atomic mass is 10.1. The van der Waals surface area contributed by atoms with Crippen molar-refractivity contribution in [2.75, 3.05) is 19.4 Å². The summed E-state index contributed by atoms with van der Waals surface area (Å²) in [6, 6.07) is 1.64. The number of rotatable bonds is 4. The molecule has 1 atom stereocenters. The largest absolute Gasteiger partial charge is 0.389 e. The van der Waals surface area contributed by atoms with E-state index in [0.29, 0.717) is 10.8 Å². The van der Waals surface area contributed by atoms with Crippen molar-refractivity contribution in [2.45, 2.75) is 32.2 Å². The zero-order valence-electron chi connectivity index (χ0n) is 12.1. The van der Waals surface area contributed by atoms with Gasteiger partial charge >= 0.3 is 0 Å². The average Bonchev–Trinajstić information content (AvgIpc) is 2.83. The molecule has 3 N–H and O–H groups in total. The minimum atomic E-state index is -0.370. The van der Waals surface area contributed by atoms with Crippen molar-refractivity contribution in [3.8, 4) is 0 Å². The fourth-order valence-electron chi connectivity index (χ4n) is 2.42. The molecule has 1 amide bonds. The quantitative estimate of drug-likeness (QED) is 0.813. The van der Waals surface area contributed by atoms with Crippen LogP contribution >= 0.6 is 12.2 Å². The number of nitrogens with one attached hydrogen (secondary N) is 1. The second-order valence-corrected chi connectivity index (χ2v) is 5.75. The molecule has 1 heterocycles. The van der Waals surface area contributed by atoms with Gasteiger partial charge in [0.1, 0.15) is 16.8 Å². The van der Waals surface area contributed by atoms with Crippen molar-refractivity contribution in [1.29, 1.82) is 0 Å². The van der Waals surface area contributed by atoms with E-state index >= 15 is 0 Å². The summed E-state index contributed by atoms with van der Waals surface area (Å²) in [7, 11) is 3.45. The number of anilines is 1. The molecular weight excluding hydrogens is 272 g/mol. The summed E-state index contributed by atoms with van der Waals surface area (Å²) in [6.45, 7) is 1.81. The van der Waals surface area contributed by atoms with E-state index < -0.39 is 0 Å². The number of pyridine rings is 1. The first-order valence-corrected chi connectivity index (χ1v) is 7.11. The molecule has 0 fully saturated rings. The van der Waals surface area contributed by atoms with Crippen LogP contribution in [0.15, 0.2) is 6.07 Å². The van der Waals surface area contributed by atoms with E-state index in [1.165, 1.54) is 5.56 Å². The number of nitrogens with zero attached hydrogens (tertiary/aromatic N) is 2. The minimum Gasteiger partial charge on any atom is -0.389 e. The molecule has 0 bridgehead atoms. The van der Waals surface area contributed by atoms with Gasteiger partial charge in [-0.2, -0.15) is 0 Å². The number of thiocarbonyl (C=S) groups is 1. The Morgan fingerprint density at radius 3 is 2.80 bits per heavy atom. The lowest BCUT2D eigenvalue weighted by Crippen LogP contribution is -2.37. The van der Waals surface area contributed by atoms with Gasteiger partial charge in [0.25, 0.3) is 0 Å². The second-order valence-electron chi connectivity index (χ2n) is 5.31. The van der Waals surface area contributed by atoms with Gasteiger partial charge in [0.05, 0.1) is 5.56 Å². The van der Waals surface area contributed by atoms with Crippen LogP contribution in [-0.2, 0) is 17.6 Å². The van der Waals surface area contributed by atoms with Gasteiger partial charge in [-0.05, 0) is 37.8 Å². The normalized spacial score (nSPS) is 14.6. The van der Waals surface area contributed by atoms with E-state index in [1.807, 2.05) is 6.07 Å². The molecular formula is C14H20N4OS. The molecule has 1 unspecified atom stereocenters. The van der Waals surface area contributed by atoms with Crippen LogP contribution in [0.25, 0.3) is 0 Å². The van der Waals surface area contributed by atoms with E-state index in [9.17, 15) is 4.79 Å². The van der Waals surface area contributed by atoms with E-state index in [4.69, 9.17) is 18.0 Å². The van der Waals surface area contributed by atoms with Gasteiger partial charge in [-0.15, -0.1) is 0 Å². The van der Waals surface area contributed by atoms with Crippen molar-refractivity contribution in [2.24, 2.45) is 5.73 Å². The third-order valence-electron chi connectivity index (χ3n) is 3.48. The van der Waals surface area contributed by atoms with Crippen molar-refractivity contribution >= 4 is 28.9 Å². The Bertz CT molecular complexity index is 556. The molecule has 0 saturated carbocycles. The molecule has 1 aliphatic carbocycles. The Morgan fingerprint density at radius 2 is 2.20 bits per heavy atom. The van der Waals surface area contributed by atoms with Crippen LogP contribution in [0, 0.1) is 0 Å². The van der Waals surface area contributed by atoms with Crippen molar-refractivity contribution in [3.63, 3.8) is 0 Å². The average molecular weight is 292 g/mol. The topological polar surface area (TPSA) is 71.2 Å². The Balaban J connectivity index is 2.31. The van der Waals surface area contributed by atoms with Gasteiger partial charge in [0.2, 0.25) is 5.91 Å². The van der Waals surface area contributed by atoms with Crippen LogP contribution in [0.4, 0.5) is 5.82 Å². The number of carbonyl (C=O) groups excluding carboxylic acids is 1. The van der Waals surface area contributed by atoms with Crippen LogP contribution in [0.3, 0.4) is 0 Å². The maximum atomic E-state index is 11.9. The fraction of sp³-hybridized carbons (Fsp3) is 0.500. The van der Waals surface area contributed by atoms with Crippen molar-refractivity contribution in [1.82, 2.24) is 9.88 Å². The first-order valence-electron chi connectivity index (χ1n) is 6.70. The maximum absolute atomic E-state index is 11.9. The Kier molecular flexibility index (Phi) is 4.23. The highest BCUT2D eigenvalue weighted by Gasteiger charge is 2.21. The van der Waals surface area contributed by atoms with Crippen LogP contribution in [0.5, 0.6) is 0 Å². The maximum Gasteiger partial charge on any atom is 0.244 e. The number of hydrogen-bond acceptors (Lipinski definition) is 4. The molecule has 20 heavy (non-hydrogen) atoms.